The van der Waals surface area contributed by atoms with Crippen molar-refractivity contribution < 1.29 is 23.7 Å². The van der Waals surface area contributed by atoms with Crippen molar-refractivity contribution in [1.82, 2.24) is 0 Å². The van der Waals surface area contributed by atoms with Gasteiger partial charge in [0.15, 0.2) is 18.3 Å². The van der Waals surface area contributed by atoms with Crippen molar-refractivity contribution in [2.75, 3.05) is 20.7 Å². The summed E-state index contributed by atoms with van der Waals surface area (Å²) in [6.07, 6.45) is 1.38. The SMILES string of the molecule is COCOc1cc(C(N)CCC(C)(C)[Si](O)(c2ccccc2)c2ccccc2)c2c(c1C)OCO2. The molecule has 0 aromatic heterocycles. The standard InChI is InChI=1S/C28H35NO5Si/c1-20-25(32-18-31-4)17-23(27-26(20)33-19-34-27)24(29)15-16-28(2,3)35(30,21-11-7-5-8-12-21)22-13-9-6-10-14-22/h5-14,17,24,30H,15-16,18-19,29H2,1-4H3. The molecule has 35 heavy (non-hydrogen) atoms. The third-order valence-electron chi connectivity index (χ3n) is 7.05. The van der Waals surface area contributed by atoms with Gasteiger partial charge in [0.25, 0.3) is 8.32 Å². The Kier molecular flexibility index (Phi) is 7.52. The van der Waals surface area contributed by atoms with E-state index in [2.05, 4.69) is 13.8 Å². The normalized spacial score (nSPS) is 14.1. The molecule has 7 heteroatoms. The smallest absolute Gasteiger partial charge is 0.258 e. The van der Waals surface area contributed by atoms with E-state index in [-0.39, 0.29) is 19.6 Å². The van der Waals surface area contributed by atoms with Gasteiger partial charge in [-0.3, -0.25) is 0 Å². The van der Waals surface area contributed by atoms with Gasteiger partial charge in [0.2, 0.25) is 6.79 Å². The van der Waals surface area contributed by atoms with Crippen molar-refractivity contribution >= 4 is 18.7 Å². The number of fused-ring (bicyclic) bond motifs is 1. The number of benzene rings is 3. The Hall–Kier alpha value is -2.84. The van der Waals surface area contributed by atoms with E-state index in [4.69, 9.17) is 24.7 Å². The molecule has 6 nitrogen and oxygen atoms in total. The highest BCUT2D eigenvalue weighted by Crippen LogP contribution is 2.47. The molecular formula is C28H35NO5Si. The van der Waals surface area contributed by atoms with Crippen LogP contribution in [-0.2, 0) is 4.74 Å². The average Bonchev–Trinajstić information content (AvgIpc) is 3.38. The van der Waals surface area contributed by atoms with Crippen LogP contribution in [0.1, 0.15) is 43.9 Å². The first-order valence-corrected chi connectivity index (χ1v) is 13.9. The summed E-state index contributed by atoms with van der Waals surface area (Å²) >= 11 is 0. The van der Waals surface area contributed by atoms with E-state index in [1.165, 1.54) is 0 Å². The monoisotopic (exact) mass is 493 g/mol. The van der Waals surface area contributed by atoms with Crippen molar-refractivity contribution in [2.24, 2.45) is 5.73 Å². The van der Waals surface area contributed by atoms with Crippen molar-refractivity contribution in [1.29, 1.82) is 0 Å². The van der Waals surface area contributed by atoms with Gasteiger partial charge in [-0.15, -0.1) is 0 Å². The third kappa shape index (κ3) is 4.82. The molecule has 0 saturated carbocycles. The summed E-state index contributed by atoms with van der Waals surface area (Å²) in [5, 5.41) is 1.59. The van der Waals surface area contributed by atoms with Gasteiger partial charge >= 0.3 is 0 Å². The van der Waals surface area contributed by atoms with Crippen LogP contribution in [0.4, 0.5) is 0 Å². The Balaban J connectivity index is 1.64. The predicted molar refractivity (Wildman–Crippen MR) is 140 cm³/mol. The molecule has 186 valence electrons. The van der Waals surface area contributed by atoms with E-state index >= 15 is 0 Å². The van der Waals surface area contributed by atoms with Gasteiger partial charge in [-0.25, -0.2) is 0 Å². The number of hydrogen-bond donors (Lipinski definition) is 2. The molecule has 1 aliphatic rings. The maximum absolute atomic E-state index is 12.4. The van der Waals surface area contributed by atoms with Crippen LogP contribution in [-0.4, -0.2) is 33.8 Å². The minimum Gasteiger partial charge on any atom is -0.467 e. The number of rotatable bonds is 10. The highest BCUT2D eigenvalue weighted by atomic mass is 28.4. The lowest BCUT2D eigenvalue weighted by Crippen LogP contribution is -2.65. The minimum atomic E-state index is -3.11. The Morgan fingerprint density at radius 2 is 1.57 bits per heavy atom. The molecule has 1 heterocycles. The molecule has 0 amide bonds. The van der Waals surface area contributed by atoms with Crippen molar-refractivity contribution in [3.63, 3.8) is 0 Å². The molecule has 1 unspecified atom stereocenters. The maximum atomic E-state index is 12.4. The maximum Gasteiger partial charge on any atom is 0.258 e. The largest absolute Gasteiger partial charge is 0.467 e. The second kappa shape index (κ2) is 10.4. The molecular weight excluding hydrogens is 458 g/mol. The third-order valence-corrected chi connectivity index (χ3v) is 11.6. The Labute approximate surface area is 208 Å². The fourth-order valence-electron chi connectivity index (χ4n) is 4.91. The van der Waals surface area contributed by atoms with Crippen LogP contribution in [0.3, 0.4) is 0 Å². The number of methoxy groups -OCH3 is 1. The van der Waals surface area contributed by atoms with Gasteiger partial charge in [-0.2, -0.15) is 0 Å². The average molecular weight is 494 g/mol. The van der Waals surface area contributed by atoms with Gasteiger partial charge in [-0.05, 0) is 41.2 Å². The summed E-state index contributed by atoms with van der Waals surface area (Å²) in [5.41, 5.74) is 8.46. The van der Waals surface area contributed by atoms with Gasteiger partial charge in [-0.1, -0.05) is 74.5 Å². The molecule has 1 aliphatic heterocycles. The van der Waals surface area contributed by atoms with E-state index in [9.17, 15) is 4.80 Å². The molecule has 0 bridgehead atoms. The first-order valence-electron chi connectivity index (χ1n) is 11.9. The summed E-state index contributed by atoms with van der Waals surface area (Å²) in [5.74, 6) is 2.01. The van der Waals surface area contributed by atoms with Crippen molar-refractivity contribution in [3.8, 4) is 17.2 Å². The summed E-state index contributed by atoms with van der Waals surface area (Å²) < 4.78 is 22.4. The van der Waals surface area contributed by atoms with Crippen LogP contribution >= 0.6 is 0 Å². The van der Waals surface area contributed by atoms with Crippen LogP contribution < -0.4 is 30.3 Å². The minimum absolute atomic E-state index is 0.134. The fourth-order valence-corrected chi connectivity index (χ4v) is 8.66. The molecule has 0 spiro atoms. The van der Waals surface area contributed by atoms with E-state index in [0.717, 1.165) is 27.9 Å². The van der Waals surface area contributed by atoms with E-state index in [0.29, 0.717) is 23.7 Å². The lowest BCUT2D eigenvalue weighted by atomic mass is 9.95. The zero-order chi connectivity index (χ0) is 25.1. The lowest BCUT2D eigenvalue weighted by Gasteiger charge is -2.41. The van der Waals surface area contributed by atoms with Gasteiger partial charge < -0.3 is 29.5 Å². The van der Waals surface area contributed by atoms with Gasteiger partial charge in [0.05, 0.1) is 0 Å². The van der Waals surface area contributed by atoms with Crippen LogP contribution in [0, 0.1) is 6.92 Å². The molecule has 0 aliphatic carbocycles. The number of nitrogens with two attached hydrogens (primary N) is 1. The Morgan fingerprint density at radius 3 is 2.14 bits per heavy atom. The molecule has 0 saturated heterocycles. The Bertz CT molecular complexity index is 1100. The van der Waals surface area contributed by atoms with Crippen LogP contribution in [0.25, 0.3) is 0 Å². The summed E-state index contributed by atoms with van der Waals surface area (Å²) in [6, 6.07) is 21.7. The second-order valence-electron chi connectivity index (χ2n) is 9.68. The first-order chi connectivity index (χ1) is 16.8. The number of ether oxygens (including phenoxy) is 4. The highest BCUT2D eigenvalue weighted by Gasteiger charge is 2.49. The van der Waals surface area contributed by atoms with Gasteiger partial charge in [0.1, 0.15) is 5.75 Å². The zero-order valence-electron chi connectivity index (χ0n) is 20.9. The first kappa shape index (κ1) is 25.3. The molecule has 3 N–H and O–H groups in total. The predicted octanol–water partition coefficient (Wildman–Crippen LogP) is 4.02. The van der Waals surface area contributed by atoms with Crippen LogP contribution in [0.15, 0.2) is 66.7 Å². The molecule has 1 atom stereocenters. The van der Waals surface area contributed by atoms with Crippen LogP contribution in [0.2, 0.25) is 5.04 Å². The molecule has 0 radical (unpaired) electrons. The zero-order valence-corrected chi connectivity index (χ0v) is 21.9. The fraction of sp³-hybridized carbons (Fsp3) is 0.357. The van der Waals surface area contributed by atoms with E-state index in [1.54, 1.807) is 7.11 Å². The summed E-state index contributed by atoms with van der Waals surface area (Å²) in [7, 11) is -1.52. The summed E-state index contributed by atoms with van der Waals surface area (Å²) in [6.45, 7) is 6.53. The topological polar surface area (TPSA) is 83.2 Å². The molecule has 4 rings (SSSR count). The quantitative estimate of drug-likeness (QED) is 0.328. The molecule has 3 aromatic rings. The lowest BCUT2D eigenvalue weighted by molar-refractivity contribution is 0.0504. The molecule has 3 aromatic carbocycles. The highest BCUT2D eigenvalue weighted by molar-refractivity contribution is 6.98. The molecule has 0 fully saturated rings. The van der Waals surface area contributed by atoms with Crippen molar-refractivity contribution in [2.45, 2.75) is 44.7 Å². The van der Waals surface area contributed by atoms with E-state index in [1.807, 2.05) is 73.7 Å². The Morgan fingerprint density at radius 1 is 1.00 bits per heavy atom. The van der Waals surface area contributed by atoms with Gasteiger partial charge in [0, 0.05) is 24.3 Å². The second-order valence-corrected chi connectivity index (χ2v) is 13.6. The van der Waals surface area contributed by atoms with Crippen molar-refractivity contribution in [3.05, 3.63) is 77.9 Å². The van der Waals surface area contributed by atoms with E-state index < -0.39 is 13.4 Å². The van der Waals surface area contributed by atoms with Crippen LogP contribution in [0.5, 0.6) is 17.2 Å². The number of hydrogen-bond acceptors (Lipinski definition) is 6. The summed E-state index contributed by atoms with van der Waals surface area (Å²) in [4.78, 5) is 12.4.